The Bertz CT molecular complexity index is 776. The lowest BCUT2D eigenvalue weighted by Gasteiger charge is -2.12. The second kappa shape index (κ2) is 8.28. The fourth-order valence-corrected chi connectivity index (χ4v) is 2.79. The molecule has 1 aromatic carbocycles. The largest absolute Gasteiger partial charge is 0.497 e. The molecule has 0 radical (unpaired) electrons. The zero-order valence-corrected chi connectivity index (χ0v) is 15.2. The number of rotatable bonds is 6. The maximum absolute atomic E-state index is 12.4. The Balaban J connectivity index is 0.00000225. The molecule has 9 heteroatoms. The van der Waals surface area contributed by atoms with Crippen LogP contribution in [-0.2, 0) is 6.54 Å². The molecule has 2 amide bonds. The van der Waals surface area contributed by atoms with E-state index in [2.05, 4.69) is 15.6 Å². The Kier molecular flexibility index (Phi) is 6.35. The number of ether oxygens (including phenoxy) is 1. The standard InChI is InChI=1S/C16H18N4O3S.ClH/c1-23-10-4-5-12(11(6-10)15(21)18-9-2-3-9)20-16(22)13-8-24-14(7-17)19-13;/h4-6,8-9H,2-3,7,17H2,1H3,(H,18,21)(H,20,22);1H. The number of hydrogen-bond donors (Lipinski definition) is 3. The van der Waals surface area contributed by atoms with Gasteiger partial charge in [0, 0.05) is 18.0 Å². The topological polar surface area (TPSA) is 106 Å². The normalized spacial score (nSPS) is 12.9. The lowest BCUT2D eigenvalue weighted by atomic mass is 10.1. The van der Waals surface area contributed by atoms with Gasteiger partial charge in [-0.2, -0.15) is 0 Å². The van der Waals surface area contributed by atoms with Gasteiger partial charge in [0.1, 0.15) is 16.5 Å². The number of halogens is 1. The third-order valence-electron chi connectivity index (χ3n) is 3.59. The molecule has 4 N–H and O–H groups in total. The van der Waals surface area contributed by atoms with Crippen LogP contribution in [-0.4, -0.2) is 29.9 Å². The van der Waals surface area contributed by atoms with Crippen LogP contribution in [0.5, 0.6) is 5.75 Å². The van der Waals surface area contributed by atoms with Crippen molar-refractivity contribution in [3.63, 3.8) is 0 Å². The summed E-state index contributed by atoms with van der Waals surface area (Å²) in [5, 5.41) is 7.98. The summed E-state index contributed by atoms with van der Waals surface area (Å²) in [6, 6.07) is 5.17. The number of benzene rings is 1. The van der Waals surface area contributed by atoms with E-state index in [1.807, 2.05) is 0 Å². The van der Waals surface area contributed by atoms with E-state index < -0.39 is 0 Å². The molecule has 0 spiro atoms. The highest BCUT2D eigenvalue weighted by molar-refractivity contribution is 7.09. The van der Waals surface area contributed by atoms with Gasteiger partial charge in [-0.25, -0.2) is 4.98 Å². The third kappa shape index (κ3) is 4.68. The van der Waals surface area contributed by atoms with Crippen LogP contribution in [0, 0.1) is 0 Å². The minimum atomic E-state index is -0.378. The number of carbonyl (C=O) groups excluding carboxylic acids is 2. The zero-order chi connectivity index (χ0) is 17.1. The van der Waals surface area contributed by atoms with Gasteiger partial charge < -0.3 is 21.1 Å². The lowest BCUT2D eigenvalue weighted by Crippen LogP contribution is -2.27. The highest BCUT2D eigenvalue weighted by Crippen LogP contribution is 2.25. The molecule has 0 atom stereocenters. The quantitative estimate of drug-likeness (QED) is 0.709. The van der Waals surface area contributed by atoms with E-state index >= 15 is 0 Å². The number of nitrogens with zero attached hydrogens (tertiary/aromatic N) is 1. The molecular formula is C16H19ClN4O3S. The number of hydrogen-bond acceptors (Lipinski definition) is 6. The first-order chi connectivity index (χ1) is 11.6. The molecule has 0 aliphatic heterocycles. The van der Waals surface area contributed by atoms with Crippen molar-refractivity contribution < 1.29 is 14.3 Å². The molecule has 0 bridgehead atoms. The second-order valence-electron chi connectivity index (χ2n) is 5.44. The molecule has 1 fully saturated rings. The highest BCUT2D eigenvalue weighted by atomic mass is 35.5. The van der Waals surface area contributed by atoms with Gasteiger partial charge in [-0.05, 0) is 31.0 Å². The van der Waals surface area contributed by atoms with E-state index in [0.717, 1.165) is 12.8 Å². The van der Waals surface area contributed by atoms with E-state index in [-0.39, 0.29) is 42.5 Å². The first kappa shape index (κ1) is 19.2. The monoisotopic (exact) mass is 382 g/mol. The summed E-state index contributed by atoms with van der Waals surface area (Å²) in [5.41, 5.74) is 6.58. The molecule has 1 aliphatic carbocycles. The Morgan fingerprint density at radius 2 is 2.12 bits per heavy atom. The summed E-state index contributed by atoms with van der Waals surface area (Å²) < 4.78 is 5.17. The fourth-order valence-electron chi connectivity index (χ4n) is 2.13. The number of aromatic nitrogens is 1. The van der Waals surface area contributed by atoms with Gasteiger partial charge >= 0.3 is 0 Å². The van der Waals surface area contributed by atoms with Crippen molar-refractivity contribution in [3.05, 3.63) is 39.8 Å². The van der Waals surface area contributed by atoms with Gasteiger partial charge in [0.2, 0.25) is 0 Å². The van der Waals surface area contributed by atoms with Crippen LogP contribution >= 0.6 is 23.7 Å². The predicted molar refractivity (Wildman–Crippen MR) is 98.7 cm³/mol. The van der Waals surface area contributed by atoms with Crippen molar-refractivity contribution in [1.29, 1.82) is 0 Å². The summed E-state index contributed by atoms with van der Waals surface area (Å²) in [5.74, 6) is -0.0581. The van der Waals surface area contributed by atoms with Crippen molar-refractivity contribution in [1.82, 2.24) is 10.3 Å². The summed E-state index contributed by atoms with van der Waals surface area (Å²) >= 11 is 1.33. The molecule has 1 aromatic heterocycles. The van der Waals surface area contributed by atoms with E-state index in [1.165, 1.54) is 18.4 Å². The summed E-state index contributed by atoms with van der Waals surface area (Å²) in [6.45, 7) is 0.287. The van der Waals surface area contributed by atoms with Gasteiger partial charge in [-0.1, -0.05) is 0 Å². The Morgan fingerprint density at radius 3 is 2.72 bits per heavy atom. The number of thiazole rings is 1. The van der Waals surface area contributed by atoms with Gasteiger partial charge in [0.05, 0.1) is 18.4 Å². The fraction of sp³-hybridized carbons (Fsp3) is 0.312. The molecule has 0 unspecified atom stereocenters. The molecule has 1 aliphatic rings. The first-order valence-electron chi connectivity index (χ1n) is 7.55. The Morgan fingerprint density at radius 1 is 1.36 bits per heavy atom. The van der Waals surface area contributed by atoms with E-state index in [1.54, 1.807) is 23.6 Å². The van der Waals surface area contributed by atoms with Crippen molar-refractivity contribution in [2.45, 2.75) is 25.4 Å². The minimum absolute atomic E-state index is 0. The molecule has 3 rings (SSSR count). The summed E-state index contributed by atoms with van der Waals surface area (Å²) in [7, 11) is 1.53. The molecule has 25 heavy (non-hydrogen) atoms. The van der Waals surface area contributed by atoms with Crippen molar-refractivity contribution in [3.8, 4) is 5.75 Å². The number of anilines is 1. The third-order valence-corrected chi connectivity index (χ3v) is 4.46. The molecule has 134 valence electrons. The van der Waals surface area contributed by atoms with E-state index in [4.69, 9.17) is 10.5 Å². The van der Waals surface area contributed by atoms with Crippen LogP contribution in [0.25, 0.3) is 0 Å². The van der Waals surface area contributed by atoms with E-state index in [9.17, 15) is 9.59 Å². The average molecular weight is 383 g/mol. The van der Waals surface area contributed by atoms with Crippen LogP contribution < -0.4 is 21.1 Å². The summed E-state index contributed by atoms with van der Waals surface area (Å²) in [4.78, 5) is 28.9. The van der Waals surface area contributed by atoms with Crippen molar-refractivity contribution >= 4 is 41.2 Å². The molecule has 0 saturated heterocycles. The lowest BCUT2D eigenvalue weighted by molar-refractivity contribution is 0.0951. The molecular weight excluding hydrogens is 364 g/mol. The SMILES string of the molecule is COc1ccc(NC(=O)c2csc(CN)n2)c(C(=O)NC2CC2)c1.Cl. The van der Waals surface area contributed by atoms with Gasteiger partial charge in [0.25, 0.3) is 11.8 Å². The number of nitrogens with one attached hydrogen (secondary N) is 2. The zero-order valence-electron chi connectivity index (χ0n) is 13.6. The van der Waals surface area contributed by atoms with Gasteiger partial charge in [0.15, 0.2) is 0 Å². The van der Waals surface area contributed by atoms with Gasteiger partial charge in [-0.3, -0.25) is 9.59 Å². The number of amides is 2. The Labute approximate surface area is 155 Å². The smallest absolute Gasteiger partial charge is 0.275 e. The molecule has 7 nitrogen and oxygen atoms in total. The minimum Gasteiger partial charge on any atom is -0.497 e. The second-order valence-corrected chi connectivity index (χ2v) is 6.39. The average Bonchev–Trinajstić information content (AvgIpc) is 3.27. The predicted octanol–water partition coefficient (Wildman–Crippen LogP) is 2.18. The maximum atomic E-state index is 12.4. The molecule has 1 heterocycles. The first-order valence-corrected chi connectivity index (χ1v) is 8.43. The number of methoxy groups -OCH3 is 1. The van der Waals surface area contributed by atoms with Crippen LogP contribution in [0.2, 0.25) is 0 Å². The van der Waals surface area contributed by atoms with E-state index in [0.29, 0.717) is 22.0 Å². The van der Waals surface area contributed by atoms with Crippen LogP contribution in [0.15, 0.2) is 23.6 Å². The Hall–Kier alpha value is -2.16. The number of carbonyl (C=O) groups is 2. The van der Waals surface area contributed by atoms with Crippen molar-refractivity contribution in [2.75, 3.05) is 12.4 Å². The van der Waals surface area contributed by atoms with Crippen LogP contribution in [0.3, 0.4) is 0 Å². The van der Waals surface area contributed by atoms with Gasteiger partial charge in [-0.15, -0.1) is 23.7 Å². The highest BCUT2D eigenvalue weighted by Gasteiger charge is 2.25. The maximum Gasteiger partial charge on any atom is 0.275 e. The van der Waals surface area contributed by atoms with Crippen LogP contribution in [0.4, 0.5) is 5.69 Å². The summed E-state index contributed by atoms with van der Waals surface area (Å²) in [6.07, 6.45) is 1.97. The molecule has 1 saturated carbocycles. The molecule has 2 aromatic rings. The van der Waals surface area contributed by atoms with Crippen molar-refractivity contribution in [2.24, 2.45) is 5.73 Å². The van der Waals surface area contributed by atoms with Crippen LogP contribution in [0.1, 0.15) is 38.7 Å². The number of nitrogens with two attached hydrogens (primary N) is 1.